The van der Waals surface area contributed by atoms with Gasteiger partial charge in [-0.05, 0) is 24.6 Å². The van der Waals surface area contributed by atoms with Gasteiger partial charge < -0.3 is 14.8 Å². The molecule has 1 aliphatic heterocycles. The van der Waals surface area contributed by atoms with Crippen molar-refractivity contribution in [2.45, 2.75) is 19.8 Å². The van der Waals surface area contributed by atoms with Crippen molar-refractivity contribution >= 4 is 22.9 Å². The largest absolute Gasteiger partial charge is 0.486 e. The highest BCUT2D eigenvalue weighted by atomic mass is 32.1. The van der Waals surface area contributed by atoms with Gasteiger partial charge in [0.05, 0.1) is 5.56 Å². The number of fused-ring (bicyclic) bond motifs is 1. The Morgan fingerprint density at radius 3 is 2.86 bits per heavy atom. The van der Waals surface area contributed by atoms with Crippen molar-refractivity contribution in [3.8, 4) is 11.5 Å². The molecule has 0 bridgehead atoms. The first-order valence-corrected chi connectivity index (χ1v) is 7.92. The lowest BCUT2D eigenvalue weighted by Gasteiger charge is -2.18. The summed E-state index contributed by atoms with van der Waals surface area (Å²) in [5.41, 5.74) is 1.42. The van der Waals surface area contributed by atoms with E-state index in [1.165, 1.54) is 4.88 Å². The van der Waals surface area contributed by atoms with E-state index >= 15 is 0 Å². The number of aryl methyl sites for hydroxylation is 1. The summed E-state index contributed by atoms with van der Waals surface area (Å²) in [7, 11) is 0. The van der Waals surface area contributed by atoms with Crippen LogP contribution in [-0.2, 0) is 6.42 Å². The minimum Gasteiger partial charge on any atom is -0.486 e. The molecule has 0 saturated heterocycles. The van der Waals surface area contributed by atoms with E-state index in [0.29, 0.717) is 30.2 Å². The monoisotopic (exact) mass is 303 g/mol. The topological polar surface area (TPSA) is 47.6 Å². The summed E-state index contributed by atoms with van der Waals surface area (Å²) in [6, 6.07) is 7.40. The molecule has 0 fully saturated rings. The van der Waals surface area contributed by atoms with E-state index in [1.807, 2.05) is 23.6 Å². The second kappa shape index (κ2) is 6.18. The zero-order valence-electron chi connectivity index (χ0n) is 11.8. The van der Waals surface area contributed by atoms with E-state index in [-0.39, 0.29) is 5.91 Å². The van der Waals surface area contributed by atoms with Crippen molar-refractivity contribution in [1.29, 1.82) is 0 Å². The molecule has 0 radical (unpaired) electrons. The Morgan fingerprint density at radius 1 is 1.24 bits per heavy atom. The number of benzene rings is 1. The third-order valence-electron chi connectivity index (χ3n) is 3.21. The predicted molar refractivity (Wildman–Crippen MR) is 83.7 cm³/mol. The van der Waals surface area contributed by atoms with Crippen molar-refractivity contribution in [3.05, 3.63) is 40.1 Å². The molecule has 0 aliphatic carbocycles. The molecule has 2 heterocycles. The zero-order valence-corrected chi connectivity index (χ0v) is 12.7. The highest BCUT2D eigenvalue weighted by Crippen LogP contribution is 2.32. The molecule has 3 rings (SSSR count). The van der Waals surface area contributed by atoms with Crippen molar-refractivity contribution in [2.75, 3.05) is 18.5 Å². The summed E-state index contributed by atoms with van der Waals surface area (Å²) >= 11 is 1.63. The number of thiophene rings is 1. The second-order valence-electron chi connectivity index (χ2n) is 4.86. The van der Waals surface area contributed by atoms with E-state index in [4.69, 9.17) is 9.47 Å². The number of hydrogen-bond donors (Lipinski definition) is 1. The van der Waals surface area contributed by atoms with E-state index < -0.39 is 0 Å². The first-order chi connectivity index (χ1) is 10.3. The maximum absolute atomic E-state index is 12.2. The Hall–Kier alpha value is -2.01. The first kappa shape index (κ1) is 13.9. The quantitative estimate of drug-likeness (QED) is 0.936. The lowest BCUT2D eigenvalue weighted by molar-refractivity contribution is 0.102. The Morgan fingerprint density at radius 2 is 2.05 bits per heavy atom. The van der Waals surface area contributed by atoms with E-state index in [1.54, 1.807) is 17.4 Å². The molecule has 0 atom stereocenters. The van der Waals surface area contributed by atoms with Crippen LogP contribution in [0, 0.1) is 0 Å². The zero-order chi connectivity index (χ0) is 14.7. The molecule has 1 aromatic carbocycles. The van der Waals surface area contributed by atoms with Crippen molar-refractivity contribution < 1.29 is 14.3 Å². The van der Waals surface area contributed by atoms with E-state index in [0.717, 1.165) is 18.6 Å². The molecule has 4 nitrogen and oxygen atoms in total. The van der Waals surface area contributed by atoms with Gasteiger partial charge in [-0.3, -0.25) is 4.79 Å². The fourth-order valence-electron chi connectivity index (χ4n) is 2.20. The van der Waals surface area contributed by atoms with Crippen LogP contribution in [0.3, 0.4) is 0 Å². The fourth-order valence-corrected chi connectivity index (χ4v) is 3.17. The fraction of sp³-hybridized carbons (Fsp3) is 0.312. The summed E-state index contributed by atoms with van der Waals surface area (Å²) in [6.45, 7) is 3.23. The number of anilines is 1. The average Bonchev–Trinajstić information content (AvgIpc) is 2.96. The van der Waals surface area contributed by atoms with Crippen LogP contribution < -0.4 is 14.8 Å². The van der Waals surface area contributed by atoms with Crippen LogP contribution in [0.5, 0.6) is 11.5 Å². The summed E-state index contributed by atoms with van der Waals surface area (Å²) in [6.07, 6.45) is 2.10. The number of amides is 1. The van der Waals surface area contributed by atoms with Gasteiger partial charge in [0.25, 0.3) is 5.91 Å². The van der Waals surface area contributed by atoms with Gasteiger partial charge >= 0.3 is 0 Å². The summed E-state index contributed by atoms with van der Waals surface area (Å²) in [5.74, 6) is 1.31. The molecule has 1 amide bonds. The first-order valence-electron chi connectivity index (χ1n) is 7.04. The SMILES string of the molecule is CCCc1cc(C(=O)Nc2ccc3c(c2)OCCO3)cs1. The van der Waals surface area contributed by atoms with Crippen LogP contribution in [0.2, 0.25) is 0 Å². The third-order valence-corrected chi connectivity index (χ3v) is 4.21. The summed E-state index contributed by atoms with van der Waals surface area (Å²) in [5, 5.41) is 4.80. The van der Waals surface area contributed by atoms with Crippen LogP contribution in [0.4, 0.5) is 5.69 Å². The molecule has 0 unspecified atom stereocenters. The van der Waals surface area contributed by atoms with Crippen molar-refractivity contribution in [1.82, 2.24) is 0 Å². The Kier molecular flexibility index (Phi) is 4.10. The van der Waals surface area contributed by atoms with Gasteiger partial charge in [-0.1, -0.05) is 13.3 Å². The van der Waals surface area contributed by atoms with Crippen LogP contribution in [0.1, 0.15) is 28.6 Å². The lowest BCUT2D eigenvalue weighted by Crippen LogP contribution is -2.16. The highest BCUT2D eigenvalue weighted by Gasteiger charge is 2.14. The van der Waals surface area contributed by atoms with E-state index in [9.17, 15) is 4.79 Å². The molecule has 2 aromatic rings. The number of hydrogen-bond acceptors (Lipinski definition) is 4. The Labute approximate surface area is 127 Å². The molecule has 5 heteroatoms. The maximum atomic E-state index is 12.2. The van der Waals surface area contributed by atoms with Crippen LogP contribution in [0.25, 0.3) is 0 Å². The minimum atomic E-state index is -0.0923. The van der Waals surface area contributed by atoms with Gasteiger partial charge in [-0.15, -0.1) is 11.3 Å². The molecule has 1 N–H and O–H groups in total. The Balaban J connectivity index is 1.71. The van der Waals surface area contributed by atoms with Crippen molar-refractivity contribution in [2.24, 2.45) is 0 Å². The molecule has 0 spiro atoms. The van der Waals surface area contributed by atoms with Gasteiger partial charge in [0.2, 0.25) is 0 Å². The molecule has 110 valence electrons. The van der Waals surface area contributed by atoms with Gasteiger partial charge in [0.1, 0.15) is 13.2 Å². The van der Waals surface area contributed by atoms with Gasteiger partial charge in [-0.25, -0.2) is 0 Å². The van der Waals surface area contributed by atoms with Gasteiger partial charge in [-0.2, -0.15) is 0 Å². The van der Waals surface area contributed by atoms with Gasteiger partial charge in [0, 0.05) is 22.0 Å². The average molecular weight is 303 g/mol. The highest BCUT2D eigenvalue weighted by molar-refractivity contribution is 7.10. The molecular formula is C16H17NO3S. The number of carbonyl (C=O) groups excluding carboxylic acids is 1. The van der Waals surface area contributed by atoms with Crippen LogP contribution in [0.15, 0.2) is 29.6 Å². The number of ether oxygens (including phenoxy) is 2. The molecule has 0 saturated carbocycles. The second-order valence-corrected chi connectivity index (χ2v) is 5.86. The Bertz CT molecular complexity index is 651. The normalized spacial score (nSPS) is 13.0. The minimum absolute atomic E-state index is 0.0923. The lowest BCUT2D eigenvalue weighted by atomic mass is 10.2. The molecule has 1 aromatic heterocycles. The smallest absolute Gasteiger partial charge is 0.256 e. The van der Waals surface area contributed by atoms with Crippen LogP contribution in [-0.4, -0.2) is 19.1 Å². The number of carbonyl (C=O) groups is 1. The summed E-state index contributed by atoms with van der Waals surface area (Å²) < 4.78 is 11.0. The molecule has 1 aliphatic rings. The van der Waals surface area contributed by atoms with Crippen LogP contribution >= 0.6 is 11.3 Å². The number of nitrogens with one attached hydrogen (secondary N) is 1. The third kappa shape index (κ3) is 3.19. The number of rotatable bonds is 4. The summed E-state index contributed by atoms with van der Waals surface area (Å²) in [4.78, 5) is 13.5. The standard InChI is InChI=1S/C16H17NO3S/c1-2-3-13-8-11(10-21-13)16(18)17-12-4-5-14-15(9-12)20-7-6-19-14/h4-5,8-10H,2-3,6-7H2,1H3,(H,17,18). The molecule has 21 heavy (non-hydrogen) atoms. The van der Waals surface area contributed by atoms with Gasteiger partial charge in [0.15, 0.2) is 11.5 Å². The van der Waals surface area contributed by atoms with E-state index in [2.05, 4.69) is 12.2 Å². The predicted octanol–water partition coefficient (Wildman–Crippen LogP) is 3.72. The van der Waals surface area contributed by atoms with Crippen molar-refractivity contribution in [3.63, 3.8) is 0 Å². The molecular weight excluding hydrogens is 286 g/mol. The maximum Gasteiger partial charge on any atom is 0.256 e.